The highest BCUT2D eigenvalue weighted by molar-refractivity contribution is 7.47. The monoisotopic (exact) mass is 1290 g/mol. The van der Waals surface area contributed by atoms with E-state index >= 15 is 0 Å². The lowest BCUT2D eigenvalue weighted by Crippen LogP contribution is -2.30. The summed E-state index contributed by atoms with van der Waals surface area (Å²) in [7, 11) is -9.80. The fraction of sp³-hybridized carbons (Fsp3) is 0.648. The highest BCUT2D eigenvalue weighted by Crippen LogP contribution is 2.45. The maximum absolute atomic E-state index is 12.9. The van der Waals surface area contributed by atoms with Crippen LogP contribution in [0.25, 0.3) is 0 Å². The quantitative estimate of drug-likeness (QED) is 0.0146. The van der Waals surface area contributed by atoms with E-state index in [0.29, 0.717) is 25.7 Å². The van der Waals surface area contributed by atoms with Crippen molar-refractivity contribution in [3.63, 3.8) is 0 Å². The summed E-state index contributed by atoms with van der Waals surface area (Å²) in [6.07, 6.45) is 73.8. The minimum Gasteiger partial charge on any atom is -0.463 e. The second kappa shape index (κ2) is 63.8. The molecule has 16 nitrogen and oxygen atoms in total. The molecular formula is C71H118O16P2. The molecule has 0 saturated heterocycles. The minimum atomic E-state index is -4.94. The molecule has 89 heavy (non-hydrogen) atoms. The van der Waals surface area contributed by atoms with Crippen LogP contribution in [0.3, 0.4) is 0 Å². The van der Waals surface area contributed by atoms with Gasteiger partial charge in [0, 0.05) is 19.3 Å². The third-order valence-electron chi connectivity index (χ3n) is 13.4. The van der Waals surface area contributed by atoms with Gasteiger partial charge in [-0.15, -0.1) is 0 Å². The topological polar surface area (TPSA) is 231 Å². The summed E-state index contributed by atoms with van der Waals surface area (Å²) in [6, 6.07) is 0. The zero-order valence-corrected chi connectivity index (χ0v) is 56.6. The maximum Gasteiger partial charge on any atom is 0.472 e. The first kappa shape index (κ1) is 84.7. The summed E-state index contributed by atoms with van der Waals surface area (Å²) in [6.45, 7) is 2.31. The summed E-state index contributed by atoms with van der Waals surface area (Å²) in [4.78, 5) is 58.3. The first-order valence-corrected chi connectivity index (χ1v) is 36.5. The van der Waals surface area contributed by atoms with Crippen molar-refractivity contribution in [2.75, 3.05) is 39.6 Å². The number of phosphoric acid groups is 2. The van der Waals surface area contributed by atoms with Crippen LogP contribution < -0.4 is 0 Å². The molecule has 0 bridgehead atoms. The van der Waals surface area contributed by atoms with Gasteiger partial charge in [-0.3, -0.25) is 32.5 Å². The van der Waals surface area contributed by atoms with Gasteiger partial charge in [0.25, 0.3) is 0 Å². The van der Waals surface area contributed by atoms with Crippen LogP contribution in [0.5, 0.6) is 0 Å². The van der Waals surface area contributed by atoms with E-state index in [1.807, 2.05) is 18.2 Å². The van der Waals surface area contributed by atoms with E-state index in [-0.39, 0.29) is 19.3 Å². The Kier molecular flexibility index (Phi) is 60.7. The average molecular weight is 1290 g/mol. The lowest BCUT2D eigenvalue weighted by molar-refractivity contribution is -0.161. The van der Waals surface area contributed by atoms with Gasteiger partial charge in [0.2, 0.25) is 0 Å². The standard InChI is InChI=1S/C71H118O16P2/c1-4-7-10-13-16-19-22-25-27-29-31-32-34-36-37-40-42-45-48-51-54-57-69(74)81-60-66(72)61-83-88(77,78)84-62-67(73)63-85-89(79,80)86-65-68(87-71(76)59-56-53-50-47-44-39-24-21-18-15-12-9-6-3)64-82-70(75)58-55-52-49-46-43-41-38-35-33-30-28-26-23-20-17-14-11-8-5-2/h7-8,10-11,16-17,19-20,25-28,31-33,35-37,41,43,49,52,66-68,72-73H,4-6,9,12-15,18,21-24,29-30,34,38-40,42,44-48,50-51,53-65H2,1-3H3,(H,77,78)(H,79,80)/b10-7-,11-8-,19-16-,20-17-,27-25-,28-26-,32-31-,35-33-,37-36-,43-41-,52-49-. The molecule has 4 N–H and O–H groups in total. The molecule has 0 aromatic rings. The Balaban J connectivity index is 4.72. The number of carbonyl (C=O) groups is 3. The largest absolute Gasteiger partial charge is 0.472 e. The van der Waals surface area contributed by atoms with Crippen molar-refractivity contribution in [2.45, 2.75) is 257 Å². The van der Waals surface area contributed by atoms with Gasteiger partial charge in [-0.25, -0.2) is 9.13 Å². The zero-order valence-electron chi connectivity index (χ0n) is 54.8. The summed E-state index contributed by atoms with van der Waals surface area (Å²) >= 11 is 0. The van der Waals surface area contributed by atoms with Gasteiger partial charge in [0.05, 0.1) is 26.4 Å². The van der Waals surface area contributed by atoms with Gasteiger partial charge in [-0.05, 0) is 103 Å². The Bertz CT molecular complexity index is 2160. The molecule has 508 valence electrons. The summed E-state index contributed by atoms with van der Waals surface area (Å²) in [5.41, 5.74) is 0. The molecular weight excluding hydrogens is 1170 g/mol. The Labute approximate surface area is 537 Å². The molecule has 0 saturated carbocycles. The number of allylic oxidation sites excluding steroid dienone is 22. The first-order chi connectivity index (χ1) is 43.2. The number of phosphoric ester groups is 2. The zero-order chi connectivity index (χ0) is 65.3. The summed E-state index contributed by atoms with van der Waals surface area (Å²) in [5.74, 6) is -1.70. The SMILES string of the molecule is CC/C=C\C/C=C\C/C=C\C/C=C\C/C=C\C/C=C\CCC(=O)OCC(COP(=O)(O)OCC(O)COP(=O)(O)OCC(O)COC(=O)CCCCCCC/C=C\C/C=C\C/C=C\C/C=C\C/C=C\CC)OC(=O)CCCCCCCCCCCCCCC. The van der Waals surface area contributed by atoms with Crippen LogP contribution in [0.1, 0.15) is 239 Å². The van der Waals surface area contributed by atoms with Crippen molar-refractivity contribution in [3.05, 3.63) is 134 Å². The number of rotatable bonds is 62. The number of aliphatic hydroxyl groups excluding tert-OH is 2. The predicted molar refractivity (Wildman–Crippen MR) is 362 cm³/mol. The van der Waals surface area contributed by atoms with Crippen molar-refractivity contribution in [1.29, 1.82) is 0 Å². The van der Waals surface area contributed by atoms with Crippen LogP contribution in [0.15, 0.2) is 134 Å². The van der Waals surface area contributed by atoms with Crippen molar-refractivity contribution in [1.82, 2.24) is 0 Å². The van der Waals surface area contributed by atoms with Gasteiger partial charge in [-0.2, -0.15) is 0 Å². The van der Waals surface area contributed by atoms with Gasteiger partial charge in [0.15, 0.2) is 6.10 Å². The van der Waals surface area contributed by atoms with Crippen molar-refractivity contribution in [2.24, 2.45) is 0 Å². The number of ether oxygens (including phenoxy) is 3. The van der Waals surface area contributed by atoms with Gasteiger partial charge < -0.3 is 34.2 Å². The van der Waals surface area contributed by atoms with E-state index in [4.69, 9.17) is 32.3 Å². The lowest BCUT2D eigenvalue weighted by Gasteiger charge is -2.21. The number of aliphatic hydroxyl groups is 2. The van der Waals surface area contributed by atoms with Crippen LogP contribution in [-0.4, -0.2) is 95.9 Å². The van der Waals surface area contributed by atoms with E-state index in [1.165, 1.54) is 51.4 Å². The Morgan fingerprint density at radius 2 is 0.618 bits per heavy atom. The molecule has 0 aliphatic rings. The van der Waals surface area contributed by atoms with Crippen molar-refractivity contribution >= 4 is 33.6 Å². The summed E-state index contributed by atoms with van der Waals surface area (Å²) in [5, 5.41) is 20.5. The fourth-order valence-electron chi connectivity index (χ4n) is 8.33. The third kappa shape index (κ3) is 65.0. The van der Waals surface area contributed by atoms with E-state index in [0.717, 1.165) is 122 Å². The van der Waals surface area contributed by atoms with E-state index in [9.17, 15) is 43.5 Å². The number of esters is 3. The second-order valence-corrected chi connectivity index (χ2v) is 24.8. The molecule has 0 amide bonds. The molecule has 0 aromatic carbocycles. The smallest absolute Gasteiger partial charge is 0.463 e. The number of unbranched alkanes of at least 4 members (excludes halogenated alkanes) is 17. The predicted octanol–water partition coefficient (Wildman–Crippen LogP) is 18.4. The van der Waals surface area contributed by atoms with Crippen molar-refractivity contribution in [3.8, 4) is 0 Å². The molecule has 0 spiro atoms. The molecule has 0 radical (unpaired) electrons. The third-order valence-corrected chi connectivity index (χ3v) is 15.3. The molecule has 0 heterocycles. The van der Waals surface area contributed by atoms with E-state index in [2.05, 4.69) is 136 Å². The van der Waals surface area contributed by atoms with Gasteiger partial charge >= 0.3 is 33.6 Å². The van der Waals surface area contributed by atoms with Crippen LogP contribution >= 0.6 is 15.6 Å². The molecule has 0 aromatic heterocycles. The molecule has 0 fully saturated rings. The molecule has 0 aliphatic carbocycles. The maximum atomic E-state index is 12.9. The van der Waals surface area contributed by atoms with E-state index < -0.39 is 91.5 Å². The number of hydrogen-bond donors (Lipinski definition) is 4. The molecule has 0 aliphatic heterocycles. The average Bonchev–Trinajstić information content (AvgIpc) is 3.72. The number of carbonyl (C=O) groups excluding carboxylic acids is 3. The fourth-order valence-corrected chi connectivity index (χ4v) is 9.91. The number of hydrogen-bond acceptors (Lipinski definition) is 14. The van der Waals surface area contributed by atoms with Crippen molar-refractivity contribution < 1.29 is 75.8 Å². The molecule has 5 unspecified atom stereocenters. The Morgan fingerprint density at radius 1 is 0.326 bits per heavy atom. The lowest BCUT2D eigenvalue weighted by atomic mass is 10.0. The highest BCUT2D eigenvalue weighted by Gasteiger charge is 2.29. The molecule has 5 atom stereocenters. The van der Waals surface area contributed by atoms with Crippen LogP contribution in [-0.2, 0) is 55.8 Å². The van der Waals surface area contributed by atoms with Crippen LogP contribution in [0.4, 0.5) is 0 Å². The Morgan fingerprint density at radius 3 is 1.01 bits per heavy atom. The van der Waals surface area contributed by atoms with E-state index in [1.54, 1.807) is 0 Å². The minimum absolute atomic E-state index is 0.0430. The van der Waals surface area contributed by atoms with Gasteiger partial charge in [-0.1, -0.05) is 251 Å². The molecule has 18 heteroatoms. The summed E-state index contributed by atoms with van der Waals surface area (Å²) < 4.78 is 60.7. The first-order valence-electron chi connectivity index (χ1n) is 33.5. The highest BCUT2D eigenvalue weighted by atomic mass is 31.2. The van der Waals surface area contributed by atoms with Gasteiger partial charge in [0.1, 0.15) is 25.4 Å². The normalized spacial score (nSPS) is 15.1. The Hall–Kier alpha value is -4.31. The molecule has 0 rings (SSSR count). The van der Waals surface area contributed by atoms with Crippen LogP contribution in [0, 0.1) is 0 Å². The van der Waals surface area contributed by atoms with Crippen LogP contribution in [0.2, 0.25) is 0 Å². The second-order valence-electron chi connectivity index (χ2n) is 21.9.